The van der Waals surface area contributed by atoms with E-state index in [4.69, 9.17) is 23.2 Å². The Morgan fingerprint density at radius 1 is 1.42 bits per heavy atom. The lowest BCUT2D eigenvalue weighted by Crippen LogP contribution is -2.13. The Balaban J connectivity index is 2.33. The van der Waals surface area contributed by atoms with E-state index in [9.17, 15) is 0 Å². The van der Waals surface area contributed by atoms with Gasteiger partial charge in [0.2, 0.25) is 0 Å². The van der Waals surface area contributed by atoms with Crippen molar-refractivity contribution in [3.05, 3.63) is 23.9 Å². The van der Waals surface area contributed by atoms with Crippen molar-refractivity contribution in [1.82, 2.24) is 0 Å². The van der Waals surface area contributed by atoms with E-state index in [1.807, 2.05) is 12.2 Å². The number of hydrogen-bond acceptors (Lipinski definition) is 1. The van der Waals surface area contributed by atoms with Crippen LogP contribution in [0, 0.1) is 5.92 Å². The topological polar surface area (TPSA) is 12.4 Å². The second-order valence-electron chi connectivity index (χ2n) is 3.12. The Morgan fingerprint density at radius 3 is 3.08 bits per heavy atom. The third-order valence-corrected chi connectivity index (χ3v) is 2.90. The van der Waals surface area contributed by atoms with Crippen LogP contribution in [0.15, 0.2) is 28.9 Å². The molecule has 2 bridgehead atoms. The summed E-state index contributed by atoms with van der Waals surface area (Å²) < 4.78 is 0. The van der Waals surface area contributed by atoms with Gasteiger partial charge in [-0.2, -0.15) is 0 Å². The Kier molecular flexibility index (Phi) is 2.24. The van der Waals surface area contributed by atoms with Gasteiger partial charge in [0.25, 0.3) is 0 Å². The third-order valence-electron chi connectivity index (χ3n) is 2.18. The van der Waals surface area contributed by atoms with Crippen LogP contribution in [0.1, 0.15) is 12.8 Å². The number of fused-ring (bicyclic) bond motifs is 2. The number of alkyl halides is 1. The zero-order valence-corrected chi connectivity index (χ0v) is 8.02. The van der Waals surface area contributed by atoms with Crippen molar-refractivity contribution in [3.8, 4) is 0 Å². The minimum atomic E-state index is 0.101. The molecule has 12 heavy (non-hydrogen) atoms. The van der Waals surface area contributed by atoms with Gasteiger partial charge in [-0.1, -0.05) is 23.8 Å². The van der Waals surface area contributed by atoms with Gasteiger partial charge in [-0.05, 0) is 18.4 Å². The van der Waals surface area contributed by atoms with E-state index in [1.54, 1.807) is 0 Å². The maximum atomic E-state index is 6.14. The van der Waals surface area contributed by atoms with Crippen molar-refractivity contribution < 1.29 is 0 Å². The molecule has 1 unspecified atom stereocenters. The summed E-state index contributed by atoms with van der Waals surface area (Å²) >= 11 is 12.0. The molecule has 1 aliphatic carbocycles. The van der Waals surface area contributed by atoms with E-state index in [0.717, 1.165) is 12.1 Å². The number of hydrogen-bond donors (Lipinski definition) is 0. The molecule has 3 heteroatoms. The third kappa shape index (κ3) is 1.57. The van der Waals surface area contributed by atoms with E-state index in [0.29, 0.717) is 17.5 Å². The second kappa shape index (κ2) is 3.23. The maximum Gasteiger partial charge on any atom is 0.108 e. The average molecular weight is 202 g/mol. The molecule has 64 valence electrons. The summed E-state index contributed by atoms with van der Waals surface area (Å²) in [5.41, 5.74) is 1.05. The fraction of sp³-hybridized carbons (Fsp3) is 0.444. The number of rotatable bonds is 0. The lowest BCUT2D eigenvalue weighted by atomic mass is 9.95. The van der Waals surface area contributed by atoms with Crippen molar-refractivity contribution in [3.63, 3.8) is 0 Å². The molecule has 0 fully saturated rings. The van der Waals surface area contributed by atoms with Crippen molar-refractivity contribution in [2.45, 2.75) is 18.2 Å². The van der Waals surface area contributed by atoms with Gasteiger partial charge in [-0.25, -0.2) is 4.99 Å². The highest BCUT2D eigenvalue weighted by molar-refractivity contribution is 6.66. The van der Waals surface area contributed by atoms with Gasteiger partial charge in [0.15, 0.2) is 0 Å². The molecule has 1 aliphatic heterocycles. The van der Waals surface area contributed by atoms with Crippen LogP contribution in [0.4, 0.5) is 0 Å². The van der Waals surface area contributed by atoms with Crippen molar-refractivity contribution in [1.29, 1.82) is 0 Å². The first-order valence-electron chi connectivity index (χ1n) is 4.00. The molecule has 0 amide bonds. The average Bonchev–Trinajstić information content (AvgIpc) is 2.11. The molecule has 0 radical (unpaired) electrons. The number of nitrogens with zero attached hydrogens (tertiary/aromatic N) is 1. The fourth-order valence-electron chi connectivity index (χ4n) is 1.53. The monoisotopic (exact) mass is 201 g/mol. The minimum Gasteiger partial charge on any atom is -0.246 e. The molecule has 2 atom stereocenters. The molecule has 0 spiro atoms. The summed E-state index contributed by atoms with van der Waals surface area (Å²) in [7, 11) is 0. The first-order chi connectivity index (χ1) is 5.75. The molecule has 0 saturated heterocycles. The molecular formula is C9H9Cl2N. The highest BCUT2D eigenvalue weighted by Gasteiger charge is 2.24. The Hall–Kier alpha value is -0.270. The van der Waals surface area contributed by atoms with Crippen LogP contribution < -0.4 is 0 Å². The Morgan fingerprint density at radius 2 is 2.25 bits per heavy atom. The smallest absolute Gasteiger partial charge is 0.108 e. The summed E-state index contributed by atoms with van der Waals surface area (Å²) in [6, 6.07) is 0. The highest BCUT2D eigenvalue weighted by atomic mass is 35.5. The maximum absolute atomic E-state index is 6.14. The molecule has 2 aliphatic rings. The van der Waals surface area contributed by atoms with Gasteiger partial charge in [-0.15, -0.1) is 11.6 Å². The van der Waals surface area contributed by atoms with Gasteiger partial charge >= 0.3 is 0 Å². The summed E-state index contributed by atoms with van der Waals surface area (Å²) in [4.78, 5) is 4.25. The highest BCUT2D eigenvalue weighted by Crippen LogP contribution is 2.31. The van der Waals surface area contributed by atoms with Gasteiger partial charge in [0.05, 0.1) is 0 Å². The predicted octanol–water partition coefficient (Wildman–Crippen LogP) is 3.09. The largest absolute Gasteiger partial charge is 0.246 e. The van der Waals surface area contributed by atoms with Gasteiger partial charge in [0, 0.05) is 17.5 Å². The van der Waals surface area contributed by atoms with E-state index >= 15 is 0 Å². The second-order valence-corrected chi connectivity index (χ2v) is 4.12. The summed E-state index contributed by atoms with van der Waals surface area (Å²) in [5, 5.41) is 0.733. The zero-order chi connectivity index (χ0) is 8.55. The summed E-state index contributed by atoms with van der Waals surface area (Å²) in [5.74, 6) is 0.409. The lowest BCUT2D eigenvalue weighted by molar-refractivity contribution is 0.613. The van der Waals surface area contributed by atoms with Crippen molar-refractivity contribution in [2.24, 2.45) is 10.9 Å². The van der Waals surface area contributed by atoms with Gasteiger partial charge < -0.3 is 0 Å². The quantitative estimate of drug-likeness (QED) is 0.535. The molecular weight excluding hydrogens is 193 g/mol. The first-order valence-corrected chi connectivity index (χ1v) is 4.81. The van der Waals surface area contributed by atoms with Crippen LogP contribution in [-0.2, 0) is 0 Å². The number of halogens is 2. The van der Waals surface area contributed by atoms with Crippen LogP contribution in [0.25, 0.3) is 0 Å². The standard InChI is InChI=1S/C9H9Cl2N/c10-8-5-9(11)12-7-3-1-2-6(8)4-7/h1-3,6,8H,4-5H2/t6-,8?/m0/s1. The van der Waals surface area contributed by atoms with E-state index < -0.39 is 0 Å². The molecule has 0 aromatic carbocycles. The van der Waals surface area contributed by atoms with E-state index in [-0.39, 0.29) is 5.38 Å². The number of aliphatic imine (C=N–C) groups is 1. The molecule has 1 nitrogen and oxygen atoms in total. The Labute approximate surface area is 81.8 Å². The lowest BCUT2D eigenvalue weighted by Gasteiger charge is -2.16. The number of allylic oxidation sites excluding steroid dienone is 4. The molecule has 1 heterocycles. The normalized spacial score (nSPS) is 33.8. The molecule has 0 aromatic heterocycles. The minimum absolute atomic E-state index is 0.101. The SMILES string of the molecule is ClC1=NC2=CC=C[C@@H](C2)C(Cl)C1. The van der Waals surface area contributed by atoms with Crippen molar-refractivity contribution >= 4 is 28.4 Å². The molecule has 2 rings (SSSR count). The Bertz CT molecular complexity index is 278. The van der Waals surface area contributed by atoms with Crippen LogP contribution in [0.5, 0.6) is 0 Å². The molecule has 0 aromatic rings. The molecule has 0 N–H and O–H groups in total. The van der Waals surface area contributed by atoms with E-state index in [1.165, 1.54) is 0 Å². The van der Waals surface area contributed by atoms with Crippen LogP contribution >= 0.6 is 23.2 Å². The van der Waals surface area contributed by atoms with Crippen LogP contribution in [-0.4, -0.2) is 10.5 Å². The van der Waals surface area contributed by atoms with Gasteiger partial charge in [0.1, 0.15) is 5.17 Å². The predicted molar refractivity (Wildman–Crippen MR) is 52.9 cm³/mol. The van der Waals surface area contributed by atoms with Gasteiger partial charge in [-0.3, -0.25) is 0 Å². The fourth-order valence-corrected chi connectivity index (χ4v) is 2.21. The summed E-state index contributed by atoms with van der Waals surface area (Å²) in [6.45, 7) is 0. The van der Waals surface area contributed by atoms with Crippen LogP contribution in [0.2, 0.25) is 0 Å². The summed E-state index contributed by atoms with van der Waals surface area (Å²) in [6.07, 6.45) is 7.76. The van der Waals surface area contributed by atoms with Crippen LogP contribution in [0.3, 0.4) is 0 Å². The zero-order valence-electron chi connectivity index (χ0n) is 6.50. The van der Waals surface area contributed by atoms with E-state index in [2.05, 4.69) is 11.1 Å². The first kappa shape index (κ1) is 8.33. The molecule has 0 saturated carbocycles. The van der Waals surface area contributed by atoms with Crippen molar-refractivity contribution in [2.75, 3.05) is 0 Å².